The second-order valence-electron chi connectivity index (χ2n) is 3.84. The van der Waals surface area contributed by atoms with Crippen LogP contribution in [0.3, 0.4) is 0 Å². The van der Waals surface area contributed by atoms with E-state index in [-0.39, 0.29) is 0 Å². The molecule has 0 saturated heterocycles. The number of hydrogen-bond acceptors (Lipinski definition) is 3. The van der Waals surface area contributed by atoms with Crippen LogP contribution < -0.4 is 0 Å². The normalized spacial score (nSPS) is 12.6. The zero-order valence-corrected chi connectivity index (χ0v) is 10.1. The quantitative estimate of drug-likeness (QED) is 0.880. The van der Waals surface area contributed by atoms with Crippen LogP contribution in [-0.4, -0.2) is 10.1 Å². The lowest BCUT2D eigenvalue weighted by atomic mass is 10.1. The fraction of sp³-hybridized carbons (Fsp3) is 0.308. The maximum absolute atomic E-state index is 10.0. The molecule has 1 atom stereocenters. The number of aryl methyl sites for hydroxylation is 2. The number of pyridine rings is 1. The van der Waals surface area contributed by atoms with Crippen LogP contribution in [-0.2, 0) is 6.42 Å². The Morgan fingerprint density at radius 3 is 2.94 bits per heavy atom. The summed E-state index contributed by atoms with van der Waals surface area (Å²) >= 11 is 1.73. The Balaban J connectivity index is 1.98. The molecular formula is C13H15NOS. The van der Waals surface area contributed by atoms with Gasteiger partial charge in [0, 0.05) is 11.1 Å². The van der Waals surface area contributed by atoms with E-state index in [1.54, 1.807) is 17.5 Å². The monoisotopic (exact) mass is 233 g/mol. The first kappa shape index (κ1) is 11.3. The topological polar surface area (TPSA) is 33.1 Å². The van der Waals surface area contributed by atoms with Crippen molar-refractivity contribution in [2.24, 2.45) is 0 Å². The lowest BCUT2D eigenvalue weighted by Gasteiger charge is -2.11. The third kappa shape index (κ3) is 2.68. The van der Waals surface area contributed by atoms with E-state index in [1.807, 2.05) is 25.1 Å². The van der Waals surface area contributed by atoms with E-state index in [1.165, 1.54) is 4.88 Å². The van der Waals surface area contributed by atoms with Crippen LogP contribution in [0.2, 0.25) is 0 Å². The number of aliphatic hydroxyl groups is 1. The molecule has 1 unspecified atom stereocenters. The van der Waals surface area contributed by atoms with Crippen LogP contribution in [0.5, 0.6) is 0 Å². The Kier molecular flexibility index (Phi) is 3.70. The van der Waals surface area contributed by atoms with Crippen molar-refractivity contribution in [3.8, 4) is 0 Å². The van der Waals surface area contributed by atoms with Crippen molar-refractivity contribution in [2.45, 2.75) is 25.9 Å². The third-order valence-electron chi connectivity index (χ3n) is 2.61. The standard InChI is InChI=1S/C13H15NOS/c1-10-4-2-8-14-13(10)12(15)7-6-11-5-3-9-16-11/h2-5,8-9,12,15H,6-7H2,1H3. The fourth-order valence-corrected chi connectivity index (χ4v) is 2.44. The number of aliphatic hydroxyl groups excluding tert-OH is 1. The van der Waals surface area contributed by atoms with E-state index >= 15 is 0 Å². The maximum Gasteiger partial charge on any atom is 0.0965 e. The fourth-order valence-electron chi connectivity index (χ4n) is 1.72. The van der Waals surface area contributed by atoms with E-state index in [9.17, 15) is 5.11 Å². The van der Waals surface area contributed by atoms with E-state index < -0.39 is 6.10 Å². The van der Waals surface area contributed by atoms with Crippen molar-refractivity contribution in [3.05, 3.63) is 52.0 Å². The summed E-state index contributed by atoms with van der Waals surface area (Å²) in [6.45, 7) is 1.98. The van der Waals surface area contributed by atoms with Gasteiger partial charge in [-0.3, -0.25) is 4.98 Å². The first-order valence-corrected chi connectivity index (χ1v) is 6.27. The molecule has 0 saturated carbocycles. The summed E-state index contributed by atoms with van der Waals surface area (Å²) in [5.41, 5.74) is 1.86. The third-order valence-corrected chi connectivity index (χ3v) is 3.55. The minimum atomic E-state index is -0.455. The Morgan fingerprint density at radius 1 is 1.38 bits per heavy atom. The van der Waals surface area contributed by atoms with Crippen molar-refractivity contribution in [1.82, 2.24) is 4.98 Å². The van der Waals surface area contributed by atoms with Crippen LogP contribution in [0, 0.1) is 6.92 Å². The van der Waals surface area contributed by atoms with Crippen molar-refractivity contribution in [1.29, 1.82) is 0 Å². The molecule has 2 aromatic rings. The van der Waals surface area contributed by atoms with Gasteiger partial charge in [0.25, 0.3) is 0 Å². The molecule has 0 aliphatic heterocycles. The molecule has 0 aliphatic carbocycles. The molecule has 84 valence electrons. The van der Waals surface area contributed by atoms with Crippen LogP contribution in [0.4, 0.5) is 0 Å². The van der Waals surface area contributed by atoms with E-state index in [2.05, 4.69) is 16.4 Å². The average molecular weight is 233 g/mol. The molecule has 0 aliphatic rings. The lowest BCUT2D eigenvalue weighted by Crippen LogP contribution is -2.03. The summed E-state index contributed by atoms with van der Waals surface area (Å²) in [4.78, 5) is 5.54. The number of nitrogens with zero attached hydrogens (tertiary/aromatic N) is 1. The Labute approximate surface area is 99.6 Å². The number of aromatic nitrogens is 1. The van der Waals surface area contributed by atoms with Gasteiger partial charge < -0.3 is 5.11 Å². The van der Waals surface area contributed by atoms with Gasteiger partial charge >= 0.3 is 0 Å². The molecular weight excluding hydrogens is 218 g/mol. The molecule has 1 N–H and O–H groups in total. The highest BCUT2D eigenvalue weighted by molar-refractivity contribution is 7.09. The van der Waals surface area contributed by atoms with Gasteiger partial charge in [0.2, 0.25) is 0 Å². The molecule has 0 bridgehead atoms. The van der Waals surface area contributed by atoms with E-state index in [4.69, 9.17) is 0 Å². The van der Waals surface area contributed by atoms with Crippen molar-refractivity contribution >= 4 is 11.3 Å². The molecule has 3 heteroatoms. The zero-order chi connectivity index (χ0) is 11.4. The summed E-state index contributed by atoms with van der Waals surface area (Å²) in [6.07, 6.45) is 2.92. The largest absolute Gasteiger partial charge is 0.387 e. The second kappa shape index (κ2) is 5.23. The van der Waals surface area contributed by atoms with Crippen LogP contribution in [0.25, 0.3) is 0 Å². The molecule has 0 fully saturated rings. The maximum atomic E-state index is 10.0. The molecule has 16 heavy (non-hydrogen) atoms. The summed E-state index contributed by atoms with van der Waals surface area (Å²) < 4.78 is 0. The molecule has 2 aromatic heterocycles. The Bertz CT molecular complexity index is 439. The van der Waals surface area contributed by atoms with Crippen molar-refractivity contribution in [2.75, 3.05) is 0 Å². The molecule has 2 rings (SSSR count). The van der Waals surface area contributed by atoms with Gasteiger partial charge in [-0.25, -0.2) is 0 Å². The van der Waals surface area contributed by atoms with Gasteiger partial charge in [-0.2, -0.15) is 0 Å². The van der Waals surface area contributed by atoms with E-state index in [0.29, 0.717) is 0 Å². The molecule has 0 radical (unpaired) electrons. The van der Waals surface area contributed by atoms with Crippen LogP contribution >= 0.6 is 11.3 Å². The van der Waals surface area contributed by atoms with E-state index in [0.717, 1.165) is 24.1 Å². The van der Waals surface area contributed by atoms with Gasteiger partial charge in [0.1, 0.15) is 0 Å². The molecule has 0 amide bonds. The van der Waals surface area contributed by atoms with Gasteiger partial charge in [-0.1, -0.05) is 12.1 Å². The Hall–Kier alpha value is -1.19. The average Bonchev–Trinajstić information content (AvgIpc) is 2.79. The smallest absolute Gasteiger partial charge is 0.0965 e. The lowest BCUT2D eigenvalue weighted by molar-refractivity contribution is 0.162. The number of hydrogen-bond donors (Lipinski definition) is 1. The highest BCUT2D eigenvalue weighted by Gasteiger charge is 2.11. The first-order valence-electron chi connectivity index (χ1n) is 5.39. The minimum absolute atomic E-state index is 0.455. The van der Waals surface area contributed by atoms with Gasteiger partial charge in [0.05, 0.1) is 11.8 Å². The molecule has 0 aromatic carbocycles. The van der Waals surface area contributed by atoms with Crippen molar-refractivity contribution in [3.63, 3.8) is 0 Å². The summed E-state index contributed by atoms with van der Waals surface area (Å²) in [5, 5.41) is 12.1. The van der Waals surface area contributed by atoms with Crippen LogP contribution in [0.15, 0.2) is 35.8 Å². The first-order chi connectivity index (χ1) is 7.77. The summed E-state index contributed by atoms with van der Waals surface area (Å²) in [5.74, 6) is 0. The predicted molar refractivity (Wildman–Crippen MR) is 66.6 cm³/mol. The Morgan fingerprint density at radius 2 is 2.25 bits per heavy atom. The minimum Gasteiger partial charge on any atom is -0.387 e. The summed E-state index contributed by atoms with van der Waals surface area (Å²) in [6, 6.07) is 8.02. The van der Waals surface area contributed by atoms with Gasteiger partial charge in [-0.15, -0.1) is 11.3 Å². The van der Waals surface area contributed by atoms with Gasteiger partial charge in [-0.05, 0) is 42.8 Å². The van der Waals surface area contributed by atoms with Crippen LogP contribution in [0.1, 0.15) is 28.7 Å². The molecule has 2 heterocycles. The predicted octanol–water partition coefficient (Wildman–Crippen LogP) is 3.12. The second-order valence-corrected chi connectivity index (χ2v) is 4.87. The zero-order valence-electron chi connectivity index (χ0n) is 9.26. The number of thiophene rings is 1. The number of rotatable bonds is 4. The molecule has 0 spiro atoms. The SMILES string of the molecule is Cc1cccnc1C(O)CCc1cccs1. The molecule has 2 nitrogen and oxygen atoms in total. The summed E-state index contributed by atoms with van der Waals surface area (Å²) in [7, 11) is 0. The van der Waals surface area contributed by atoms with Crippen molar-refractivity contribution < 1.29 is 5.11 Å². The van der Waals surface area contributed by atoms with Gasteiger partial charge in [0.15, 0.2) is 0 Å². The highest BCUT2D eigenvalue weighted by Crippen LogP contribution is 2.21. The highest BCUT2D eigenvalue weighted by atomic mass is 32.1.